The lowest BCUT2D eigenvalue weighted by Crippen LogP contribution is -2.60. The number of hydrogen-bond donors (Lipinski definition) is 1. The van der Waals surface area contributed by atoms with Crippen LogP contribution in [0.3, 0.4) is 0 Å². The minimum Gasteiger partial charge on any atom is -0.508 e. The van der Waals surface area contributed by atoms with Crippen LogP contribution in [0.5, 0.6) is 5.75 Å². The lowest BCUT2D eigenvalue weighted by atomic mass is 9.56. The third-order valence-corrected chi connectivity index (χ3v) is 8.99. The zero-order valence-electron chi connectivity index (χ0n) is 18.2. The molecule has 1 aromatic carbocycles. The van der Waals surface area contributed by atoms with E-state index < -0.39 is 63.1 Å². The molecular weight excluding hydrogens is 487 g/mol. The number of rotatable bonds is 1. The van der Waals surface area contributed by atoms with Gasteiger partial charge in [-0.05, 0) is 36.5 Å². The van der Waals surface area contributed by atoms with Gasteiger partial charge < -0.3 is 9.84 Å². The van der Waals surface area contributed by atoms with Crippen molar-refractivity contribution in [3.63, 3.8) is 0 Å². The number of likely N-dealkylation sites (tertiary alicyclic amines) is 2. The van der Waals surface area contributed by atoms with Crippen molar-refractivity contribution >= 4 is 52.9 Å². The normalized spacial score (nSPS) is 36.8. The van der Waals surface area contributed by atoms with Crippen LogP contribution in [0.25, 0.3) is 0 Å². The number of ether oxygens (including phenoxy) is 1. The number of imide groups is 4. The number of aromatic hydroxyl groups is 1. The second-order valence-corrected chi connectivity index (χ2v) is 10.3. The summed E-state index contributed by atoms with van der Waals surface area (Å²) in [5.41, 5.74) is 1.01. The Labute approximate surface area is 204 Å². The molecule has 0 bridgehead atoms. The molecule has 0 spiro atoms. The summed E-state index contributed by atoms with van der Waals surface area (Å²) in [5, 5.41) is 10.1. The Morgan fingerprint density at radius 3 is 2.47 bits per heavy atom. The summed E-state index contributed by atoms with van der Waals surface area (Å²) >= 11 is 14.0. The van der Waals surface area contributed by atoms with Crippen LogP contribution in [-0.4, -0.2) is 68.5 Å². The highest BCUT2D eigenvalue weighted by Gasteiger charge is 2.76. The number of carbonyl (C=O) groups is 5. The lowest BCUT2D eigenvalue weighted by molar-refractivity contribution is -0.139. The van der Waals surface area contributed by atoms with Gasteiger partial charge in [0.2, 0.25) is 11.8 Å². The van der Waals surface area contributed by atoms with Crippen molar-refractivity contribution in [2.45, 2.75) is 28.5 Å². The number of phenolic OH excluding ortho intramolecular Hbond substituents is 1. The van der Waals surface area contributed by atoms with Crippen LogP contribution in [0.2, 0.25) is 0 Å². The van der Waals surface area contributed by atoms with E-state index in [0.29, 0.717) is 16.0 Å². The highest BCUT2D eigenvalue weighted by Crippen LogP contribution is 2.65. The maximum atomic E-state index is 13.4. The monoisotopic (exact) mass is 506 g/mol. The van der Waals surface area contributed by atoms with E-state index in [1.165, 1.54) is 19.2 Å². The van der Waals surface area contributed by atoms with Gasteiger partial charge in [0.05, 0.1) is 18.9 Å². The van der Waals surface area contributed by atoms with Gasteiger partial charge >= 0.3 is 6.09 Å². The highest BCUT2D eigenvalue weighted by molar-refractivity contribution is 6.53. The highest BCUT2D eigenvalue weighted by atomic mass is 35.5. The fraction of sp³-hybridized carbons (Fsp3) is 0.435. The first-order valence-electron chi connectivity index (χ1n) is 10.6. The van der Waals surface area contributed by atoms with Gasteiger partial charge in [0.1, 0.15) is 5.75 Å². The Balaban J connectivity index is 1.71. The van der Waals surface area contributed by atoms with Crippen molar-refractivity contribution in [2.24, 2.45) is 17.8 Å². The molecule has 0 radical (unpaired) electrons. The predicted molar refractivity (Wildman–Crippen MR) is 118 cm³/mol. The van der Waals surface area contributed by atoms with Crippen LogP contribution >= 0.6 is 23.2 Å². The molecule has 2 aliphatic heterocycles. The smallest absolute Gasteiger partial charge is 0.423 e. The van der Waals surface area contributed by atoms with Gasteiger partial charge in [-0.1, -0.05) is 23.8 Å². The fourth-order valence-electron chi connectivity index (χ4n) is 6.09. The van der Waals surface area contributed by atoms with Crippen LogP contribution in [0.15, 0.2) is 35.9 Å². The minimum absolute atomic E-state index is 0.0801. The second-order valence-electron chi connectivity index (χ2n) is 9.07. The van der Waals surface area contributed by atoms with E-state index in [4.69, 9.17) is 23.2 Å². The number of allylic oxidation sites excluding steroid dienone is 2. The third kappa shape index (κ3) is 2.59. The van der Waals surface area contributed by atoms with Gasteiger partial charge in [-0.2, -0.15) is 4.90 Å². The average molecular weight is 507 g/mol. The Morgan fingerprint density at radius 1 is 1.12 bits per heavy atom. The molecule has 1 N–H and O–H groups in total. The topological polar surface area (TPSA) is 121 Å². The molecule has 11 heteroatoms. The third-order valence-electron chi connectivity index (χ3n) is 7.57. The van der Waals surface area contributed by atoms with Crippen LogP contribution in [0, 0.1) is 17.8 Å². The molecule has 0 unspecified atom stereocenters. The van der Waals surface area contributed by atoms with E-state index in [1.807, 2.05) is 0 Å². The van der Waals surface area contributed by atoms with Crippen molar-refractivity contribution in [1.82, 2.24) is 9.80 Å². The number of amides is 5. The van der Waals surface area contributed by atoms with Crippen molar-refractivity contribution in [1.29, 1.82) is 0 Å². The lowest BCUT2D eigenvalue weighted by Gasteiger charge is -2.50. The van der Waals surface area contributed by atoms with Gasteiger partial charge in [0.15, 0.2) is 9.75 Å². The summed E-state index contributed by atoms with van der Waals surface area (Å²) in [7, 11) is 2.36. The summed E-state index contributed by atoms with van der Waals surface area (Å²) in [6.45, 7) is 0. The molecule has 2 saturated heterocycles. The molecular formula is C23H20Cl2N2O7. The second kappa shape index (κ2) is 7.29. The van der Waals surface area contributed by atoms with Crippen LogP contribution < -0.4 is 0 Å². The van der Waals surface area contributed by atoms with Gasteiger partial charge in [-0.15, -0.1) is 23.2 Å². The van der Waals surface area contributed by atoms with Crippen molar-refractivity contribution in [3.8, 4) is 5.75 Å². The van der Waals surface area contributed by atoms with Gasteiger partial charge in [0, 0.05) is 13.0 Å². The Hall–Kier alpha value is -2.91. The minimum atomic E-state index is -1.92. The van der Waals surface area contributed by atoms with Gasteiger partial charge in [0.25, 0.3) is 11.8 Å². The molecule has 2 heterocycles. The molecule has 3 fully saturated rings. The summed E-state index contributed by atoms with van der Waals surface area (Å²) in [6.07, 6.45) is 0.613. The summed E-state index contributed by atoms with van der Waals surface area (Å²) in [6, 6.07) is 6.11. The number of benzene rings is 1. The maximum Gasteiger partial charge on any atom is 0.423 e. The average Bonchev–Trinajstić information content (AvgIpc) is 3.13. The molecule has 2 aliphatic carbocycles. The number of alkyl halides is 2. The summed E-state index contributed by atoms with van der Waals surface area (Å²) in [5.74, 6) is -6.41. The molecule has 9 nitrogen and oxygen atoms in total. The molecule has 34 heavy (non-hydrogen) atoms. The molecule has 5 amide bonds. The SMILES string of the molecule is COC(=O)N1C(=O)[C@H]2[C@H](CC=C3[C@H]2C[C@@]2(Cl)C(=O)N(C)C(=O)[C@@]2(Cl)[C@H]3c2cccc(O)c2)C1=O. The Kier molecular flexibility index (Phi) is 4.90. The van der Waals surface area contributed by atoms with Crippen molar-refractivity contribution in [2.75, 3.05) is 14.2 Å². The summed E-state index contributed by atoms with van der Waals surface area (Å²) < 4.78 is 4.62. The van der Waals surface area contributed by atoms with Crippen LogP contribution in [-0.2, 0) is 23.9 Å². The molecule has 0 aromatic heterocycles. The van der Waals surface area contributed by atoms with Crippen molar-refractivity contribution in [3.05, 3.63) is 41.5 Å². The number of fused-ring (bicyclic) bond motifs is 4. The predicted octanol–water partition coefficient (Wildman–Crippen LogP) is 2.15. The molecule has 178 valence electrons. The Bertz CT molecular complexity index is 1220. The van der Waals surface area contributed by atoms with E-state index in [9.17, 15) is 29.1 Å². The first-order chi connectivity index (χ1) is 16.0. The summed E-state index contributed by atoms with van der Waals surface area (Å²) in [4.78, 5) is 62.5. The van der Waals surface area contributed by atoms with E-state index in [1.54, 1.807) is 18.2 Å². The number of nitrogens with zero attached hydrogens (tertiary/aromatic N) is 2. The van der Waals surface area contributed by atoms with Gasteiger partial charge in [-0.25, -0.2) is 4.79 Å². The number of methoxy groups -OCH3 is 1. The van der Waals surface area contributed by atoms with Gasteiger partial charge in [-0.3, -0.25) is 24.1 Å². The quantitative estimate of drug-likeness (QED) is 0.351. The number of halogens is 2. The number of hydrogen-bond acceptors (Lipinski definition) is 7. The molecule has 1 saturated carbocycles. The first kappa shape index (κ1) is 22.9. The number of carbonyl (C=O) groups excluding carboxylic acids is 5. The molecule has 6 atom stereocenters. The van der Waals surface area contributed by atoms with E-state index in [2.05, 4.69) is 4.74 Å². The van der Waals surface area contributed by atoms with Crippen LogP contribution in [0.4, 0.5) is 4.79 Å². The standard InChI is InChI=1S/C23H20Cl2N2O7/c1-26-19(31)22(24)9-14-12(6-7-13-15(14)18(30)27(17(13)29)21(33)34-2)16(23(22,25)20(26)32)10-4-3-5-11(28)8-10/h3-6,8,13-16,28H,7,9H2,1-2H3/t13-,14+,15-,16-,22+,23-/m0/s1. The molecule has 5 rings (SSSR count). The van der Waals surface area contributed by atoms with Crippen molar-refractivity contribution < 1.29 is 33.8 Å². The largest absolute Gasteiger partial charge is 0.508 e. The zero-order chi connectivity index (χ0) is 24.7. The molecule has 1 aromatic rings. The first-order valence-corrected chi connectivity index (χ1v) is 11.4. The van der Waals surface area contributed by atoms with E-state index in [0.717, 1.165) is 12.0 Å². The van der Waals surface area contributed by atoms with Crippen LogP contribution in [0.1, 0.15) is 24.3 Å². The van der Waals surface area contributed by atoms with E-state index in [-0.39, 0.29) is 18.6 Å². The fourth-order valence-corrected chi connectivity index (χ4v) is 7.11. The van der Waals surface area contributed by atoms with E-state index >= 15 is 0 Å². The maximum absolute atomic E-state index is 13.4. The number of phenols is 1. The zero-order valence-corrected chi connectivity index (χ0v) is 19.7. The molecule has 4 aliphatic rings. The Morgan fingerprint density at radius 2 is 1.82 bits per heavy atom.